The van der Waals surface area contributed by atoms with E-state index in [9.17, 15) is 0 Å². The molecule has 3 nitrogen and oxygen atoms in total. The molecule has 0 radical (unpaired) electrons. The third-order valence-corrected chi connectivity index (χ3v) is 4.14. The SMILES string of the molecule is NCC1(COc2cnc(Cl)c(-c3ccccc3)c2)CC1. The number of ether oxygens (including phenoxy) is 1. The highest BCUT2D eigenvalue weighted by atomic mass is 35.5. The maximum absolute atomic E-state index is 6.17. The summed E-state index contributed by atoms with van der Waals surface area (Å²) in [6.07, 6.45) is 3.97. The number of nitrogens with two attached hydrogens (primary N) is 1. The second-order valence-corrected chi connectivity index (χ2v) is 5.73. The van der Waals surface area contributed by atoms with E-state index in [2.05, 4.69) is 4.98 Å². The van der Waals surface area contributed by atoms with Crippen molar-refractivity contribution in [3.63, 3.8) is 0 Å². The van der Waals surface area contributed by atoms with Gasteiger partial charge in [-0.3, -0.25) is 0 Å². The van der Waals surface area contributed by atoms with E-state index >= 15 is 0 Å². The summed E-state index contributed by atoms with van der Waals surface area (Å²) in [5.41, 5.74) is 7.88. The maximum atomic E-state index is 6.17. The fourth-order valence-corrected chi connectivity index (χ4v) is 2.36. The predicted octanol–water partition coefficient (Wildman–Crippen LogP) is 3.52. The number of hydrogen-bond acceptors (Lipinski definition) is 3. The molecule has 3 rings (SSSR count). The summed E-state index contributed by atoms with van der Waals surface area (Å²) in [7, 11) is 0. The molecule has 0 atom stereocenters. The third kappa shape index (κ3) is 2.79. The van der Waals surface area contributed by atoms with E-state index in [0.29, 0.717) is 18.3 Å². The highest BCUT2D eigenvalue weighted by molar-refractivity contribution is 6.32. The van der Waals surface area contributed by atoms with Crippen LogP contribution in [0.4, 0.5) is 0 Å². The van der Waals surface area contributed by atoms with Crippen LogP contribution in [0.5, 0.6) is 5.75 Å². The van der Waals surface area contributed by atoms with Crippen molar-refractivity contribution in [2.45, 2.75) is 12.8 Å². The van der Waals surface area contributed by atoms with Crippen molar-refractivity contribution in [1.82, 2.24) is 4.98 Å². The molecule has 1 aromatic heterocycles. The van der Waals surface area contributed by atoms with Gasteiger partial charge in [0.1, 0.15) is 10.9 Å². The van der Waals surface area contributed by atoms with Crippen LogP contribution >= 0.6 is 11.6 Å². The van der Waals surface area contributed by atoms with E-state index < -0.39 is 0 Å². The van der Waals surface area contributed by atoms with Gasteiger partial charge in [0, 0.05) is 17.5 Å². The molecule has 0 amide bonds. The van der Waals surface area contributed by atoms with Crippen LogP contribution in [-0.4, -0.2) is 18.1 Å². The van der Waals surface area contributed by atoms with Gasteiger partial charge in [0.15, 0.2) is 0 Å². The molecule has 0 bridgehead atoms. The first kappa shape index (κ1) is 13.4. The van der Waals surface area contributed by atoms with Gasteiger partial charge in [0.05, 0.1) is 12.8 Å². The molecule has 1 fully saturated rings. The lowest BCUT2D eigenvalue weighted by atomic mass is 10.1. The van der Waals surface area contributed by atoms with Crippen LogP contribution in [0.3, 0.4) is 0 Å². The van der Waals surface area contributed by atoms with E-state index in [1.54, 1.807) is 6.20 Å². The molecule has 2 aromatic rings. The van der Waals surface area contributed by atoms with Crippen molar-refractivity contribution in [3.8, 4) is 16.9 Å². The molecule has 0 spiro atoms. The Bertz CT molecular complexity index is 597. The highest BCUT2D eigenvalue weighted by Gasteiger charge is 2.42. The molecule has 20 heavy (non-hydrogen) atoms. The van der Waals surface area contributed by atoms with Crippen LogP contribution in [0.2, 0.25) is 5.15 Å². The normalized spacial score (nSPS) is 15.9. The molecule has 0 aliphatic heterocycles. The number of halogens is 1. The van der Waals surface area contributed by atoms with Crippen LogP contribution in [-0.2, 0) is 0 Å². The third-order valence-electron chi connectivity index (χ3n) is 3.83. The molecule has 0 unspecified atom stereocenters. The number of hydrogen-bond donors (Lipinski definition) is 1. The van der Waals surface area contributed by atoms with Crippen LogP contribution in [0.1, 0.15) is 12.8 Å². The average molecular weight is 289 g/mol. The van der Waals surface area contributed by atoms with Gasteiger partial charge in [-0.05, 0) is 24.5 Å². The monoisotopic (exact) mass is 288 g/mol. The molecule has 1 saturated carbocycles. The van der Waals surface area contributed by atoms with Crippen molar-refractivity contribution in [1.29, 1.82) is 0 Å². The Morgan fingerprint density at radius 1 is 1.25 bits per heavy atom. The topological polar surface area (TPSA) is 48.1 Å². The Kier molecular flexibility index (Phi) is 3.64. The van der Waals surface area contributed by atoms with Crippen molar-refractivity contribution < 1.29 is 4.74 Å². The number of nitrogens with zero attached hydrogens (tertiary/aromatic N) is 1. The van der Waals surface area contributed by atoms with Gasteiger partial charge in [-0.1, -0.05) is 41.9 Å². The standard InChI is InChI=1S/C16H17ClN2O/c17-15-14(12-4-2-1-3-5-12)8-13(9-19-15)20-11-16(10-18)6-7-16/h1-5,8-9H,6-7,10-11,18H2. The average Bonchev–Trinajstić information content (AvgIpc) is 3.28. The van der Waals surface area contributed by atoms with Gasteiger partial charge < -0.3 is 10.5 Å². The Hall–Kier alpha value is -1.58. The van der Waals surface area contributed by atoms with Crippen LogP contribution in [0, 0.1) is 5.41 Å². The molecular formula is C16H17ClN2O. The van der Waals surface area contributed by atoms with Crippen molar-refractivity contribution >= 4 is 11.6 Å². The molecule has 1 heterocycles. The molecular weight excluding hydrogens is 272 g/mol. The van der Waals surface area contributed by atoms with E-state index in [0.717, 1.165) is 29.7 Å². The smallest absolute Gasteiger partial charge is 0.138 e. The summed E-state index contributed by atoms with van der Waals surface area (Å²) in [6, 6.07) is 11.9. The van der Waals surface area contributed by atoms with E-state index in [-0.39, 0.29) is 5.41 Å². The zero-order valence-corrected chi connectivity index (χ0v) is 11.9. The van der Waals surface area contributed by atoms with E-state index in [1.165, 1.54) is 0 Å². The van der Waals surface area contributed by atoms with Crippen LogP contribution < -0.4 is 10.5 Å². The van der Waals surface area contributed by atoms with Crippen molar-refractivity contribution in [2.75, 3.05) is 13.2 Å². The lowest BCUT2D eigenvalue weighted by molar-refractivity contribution is 0.238. The van der Waals surface area contributed by atoms with Crippen LogP contribution in [0.15, 0.2) is 42.6 Å². The van der Waals surface area contributed by atoms with Crippen molar-refractivity contribution in [3.05, 3.63) is 47.7 Å². The molecule has 2 N–H and O–H groups in total. The minimum Gasteiger partial charge on any atom is -0.491 e. The molecule has 104 valence electrons. The Morgan fingerprint density at radius 2 is 2.00 bits per heavy atom. The minimum atomic E-state index is 0.187. The molecule has 1 aliphatic rings. The zero-order chi connectivity index (χ0) is 14.0. The fraction of sp³-hybridized carbons (Fsp3) is 0.312. The fourth-order valence-electron chi connectivity index (χ4n) is 2.15. The quantitative estimate of drug-likeness (QED) is 0.856. The van der Waals surface area contributed by atoms with Gasteiger partial charge in [0.2, 0.25) is 0 Å². The van der Waals surface area contributed by atoms with E-state index in [4.69, 9.17) is 22.1 Å². The lowest BCUT2D eigenvalue weighted by Gasteiger charge is -2.14. The summed E-state index contributed by atoms with van der Waals surface area (Å²) in [4.78, 5) is 4.21. The Balaban J connectivity index is 1.80. The van der Waals surface area contributed by atoms with E-state index in [1.807, 2.05) is 36.4 Å². The summed E-state index contributed by atoms with van der Waals surface area (Å²) in [6.45, 7) is 1.33. The predicted molar refractivity (Wildman–Crippen MR) is 80.9 cm³/mol. The first-order chi connectivity index (χ1) is 9.72. The van der Waals surface area contributed by atoms with Gasteiger partial charge in [-0.25, -0.2) is 4.98 Å². The second kappa shape index (κ2) is 5.43. The number of benzene rings is 1. The number of aromatic nitrogens is 1. The number of rotatable bonds is 5. The molecule has 4 heteroatoms. The second-order valence-electron chi connectivity index (χ2n) is 5.37. The lowest BCUT2D eigenvalue weighted by Crippen LogP contribution is -2.22. The maximum Gasteiger partial charge on any atom is 0.138 e. The Labute approximate surface area is 123 Å². The first-order valence-electron chi connectivity index (χ1n) is 6.76. The number of pyridine rings is 1. The zero-order valence-electron chi connectivity index (χ0n) is 11.2. The molecule has 1 aromatic carbocycles. The first-order valence-corrected chi connectivity index (χ1v) is 7.14. The molecule has 0 saturated heterocycles. The summed E-state index contributed by atoms with van der Waals surface area (Å²) < 4.78 is 5.84. The van der Waals surface area contributed by atoms with Gasteiger partial charge in [-0.2, -0.15) is 0 Å². The minimum absolute atomic E-state index is 0.187. The highest BCUT2D eigenvalue weighted by Crippen LogP contribution is 2.44. The van der Waals surface area contributed by atoms with Crippen molar-refractivity contribution in [2.24, 2.45) is 11.1 Å². The summed E-state index contributed by atoms with van der Waals surface area (Å²) >= 11 is 6.17. The van der Waals surface area contributed by atoms with Gasteiger partial charge in [-0.15, -0.1) is 0 Å². The molecule has 1 aliphatic carbocycles. The van der Waals surface area contributed by atoms with Crippen LogP contribution in [0.25, 0.3) is 11.1 Å². The largest absolute Gasteiger partial charge is 0.491 e. The summed E-state index contributed by atoms with van der Waals surface area (Å²) in [5, 5.41) is 0.489. The summed E-state index contributed by atoms with van der Waals surface area (Å²) in [5.74, 6) is 0.743. The van der Waals surface area contributed by atoms with Gasteiger partial charge >= 0.3 is 0 Å². The Morgan fingerprint density at radius 3 is 2.65 bits per heavy atom. The van der Waals surface area contributed by atoms with Gasteiger partial charge in [0.25, 0.3) is 0 Å².